The lowest BCUT2D eigenvalue weighted by Crippen LogP contribution is -1.94. The molecular weight excluding hydrogens is 164 g/mol. The summed E-state index contributed by atoms with van der Waals surface area (Å²) in [5.41, 5.74) is 0.320. The monoisotopic (exact) mass is 172 g/mol. The summed E-state index contributed by atoms with van der Waals surface area (Å²) < 4.78 is 1.76. The fourth-order valence-corrected chi connectivity index (χ4v) is 1.08. The molecule has 3 nitrogen and oxygen atoms in total. The Morgan fingerprint density at radius 2 is 2.55 bits per heavy atom. The fraction of sp³-hybridized carbons (Fsp3) is 0.429. The molecule has 1 rings (SSSR count). The van der Waals surface area contributed by atoms with Crippen LogP contribution < -0.4 is 0 Å². The first-order valence-electron chi connectivity index (χ1n) is 3.45. The van der Waals surface area contributed by atoms with E-state index in [4.69, 9.17) is 11.6 Å². The van der Waals surface area contributed by atoms with E-state index in [0.29, 0.717) is 17.1 Å². The van der Waals surface area contributed by atoms with Crippen LogP contribution >= 0.6 is 11.6 Å². The molecule has 1 heterocycles. The van der Waals surface area contributed by atoms with Gasteiger partial charge in [0.1, 0.15) is 10.8 Å². The van der Waals surface area contributed by atoms with Gasteiger partial charge in [0.25, 0.3) is 0 Å². The van der Waals surface area contributed by atoms with Gasteiger partial charge in [0.15, 0.2) is 6.29 Å². The van der Waals surface area contributed by atoms with Crippen molar-refractivity contribution in [1.82, 2.24) is 9.55 Å². The number of aldehydes is 1. The van der Waals surface area contributed by atoms with Crippen LogP contribution in [0.4, 0.5) is 0 Å². The van der Waals surface area contributed by atoms with E-state index in [9.17, 15) is 4.79 Å². The standard InChI is InChI=1S/C7H9ClN2O/c1-2-3-10-5-9-6(4-11)7(10)8/h4-5H,2-3H2,1H3. The first kappa shape index (κ1) is 8.27. The van der Waals surface area contributed by atoms with E-state index in [1.165, 1.54) is 0 Å². The number of carbonyl (C=O) groups is 1. The molecule has 0 fully saturated rings. The van der Waals surface area contributed by atoms with Crippen LogP contribution in [0.25, 0.3) is 0 Å². The van der Waals surface area contributed by atoms with Crippen LogP contribution in [0.15, 0.2) is 6.33 Å². The third-order valence-electron chi connectivity index (χ3n) is 1.38. The van der Waals surface area contributed by atoms with Gasteiger partial charge in [-0.1, -0.05) is 18.5 Å². The van der Waals surface area contributed by atoms with Crippen LogP contribution in [0, 0.1) is 0 Å². The van der Waals surface area contributed by atoms with Gasteiger partial charge in [0, 0.05) is 6.54 Å². The van der Waals surface area contributed by atoms with Gasteiger partial charge in [0.05, 0.1) is 6.33 Å². The maximum atomic E-state index is 10.3. The highest BCUT2D eigenvalue weighted by atomic mass is 35.5. The molecule has 0 aliphatic carbocycles. The van der Waals surface area contributed by atoms with Crippen molar-refractivity contribution in [2.24, 2.45) is 0 Å². The molecule has 0 saturated carbocycles. The number of hydrogen-bond donors (Lipinski definition) is 0. The van der Waals surface area contributed by atoms with Gasteiger partial charge in [0.2, 0.25) is 0 Å². The minimum atomic E-state index is 0.320. The van der Waals surface area contributed by atoms with E-state index >= 15 is 0 Å². The summed E-state index contributed by atoms with van der Waals surface area (Å²) in [6, 6.07) is 0. The average molecular weight is 173 g/mol. The zero-order valence-electron chi connectivity index (χ0n) is 6.25. The molecule has 0 radical (unpaired) electrons. The van der Waals surface area contributed by atoms with Gasteiger partial charge in [-0.05, 0) is 6.42 Å². The highest BCUT2D eigenvalue weighted by Crippen LogP contribution is 2.12. The number of nitrogens with zero attached hydrogens (tertiary/aromatic N) is 2. The second-order valence-corrected chi connectivity index (χ2v) is 2.59. The number of hydrogen-bond acceptors (Lipinski definition) is 2. The summed E-state index contributed by atoms with van der Waals surface area (Å²) in [6.07, 6.45) is 3.22. The predicted molar refractivity (Wildman–Crippen MR) is 42.9 cm³/mol. The maximum absolute atomic E-state index is 10.3. The largest absolute Gasteiger partial charge is 0.321 e. The number of rotatable bonds is 3. The minimum absolute atomic E-state index is 0.320. The van der Waals surface area contributed by atoms with Crippen LogP contribution in [0.5, 0.6) is 0 Å². The van der Waals surface area contributed by atoms with Gasteiger partial charge in [-0.25, -0.2) is 4.98 Å². The Balaban J connectivity index is 2.90. The Morgan fingerprint density at radius 1 is 1.82 bits per heavy atom. The summed E-state index contributed by atoms with van der Waals surface area (Å²) in [6.45, 7) is 2.84. The molecule has 60 valence electrons. The predicted octanol–water partition coefficient (Wildman–Crippen LogP) is 1.76. The molecule has 0 aliphatic heterocycles. The number of imidazole rings is 1. The molecule has 0 aromatic carbocycles. The Bertz CT molecular complexity index is 257. The molecule has 0 aliphatic rings. The highest BCUT2D eigenvalue weighted by Gasteiger charge is 2.05. The van der Waals surface area contributed by atoms with Gasteiger partial charge in [-0.15, -0.1) is 0 Å². The third kappa shape index (κ3) is 1.60. The van der Waals surface area contributed by atoms with Crippen molar-refractivity contribution < 1.29 is 4.79 Å². The summed E-state index contributed by atoms with van der Waals surface area (Å²) in [5, 5.41) is 0.432. The molecule has 0 atom stereocenters. The van der Waals surface area contributed by atoms with Crippen LogP contribution in [0.1, 0.15) is 23.8 Å². The van der Waals surface area contributed by atoms with E-state index < -0.39 is 0 Å². The second kappa shape index (κ2) is 3.53. The van der Waals surface area contributed by atoms with E-state index in [0.717, 1.165) is 13.0 Å². The SMILES string of the molecule is CCCn1cnc(C=O)c1Cl. The van der Waals surface area contributed by atoms with Crippen LogP contribution in [0.3, 0.4) is 0 Å². The van der Waals surface area contributed by atoms with Gasteiger partial charge in [-0.2, -0.15) is 0 Å². The molecule has 1 aromatic heterocycles. The highest BCUT2D eigenvalue weighted by molar-refractivity contribution is 6.31. The normalized spacial score (nSPS) is 10.0. The van der Waals surface area contributed by atoms with Crippen molar-refractivity contribution >= 4 is 17.9 Å². The van der Waals surface area contributed by atoms with E-state index in [2.05, 4.69) is 4.98 Å². The molecule has 1 aromatic rings. The van der Waals surface area contributed by atoms with Crippen molar-refractivity contribution in [3.8, 4) is 0 Å². The number of aromatic nitrogens is 2. The zero-order valence-corrected chi connectivity index (χ0v) is 7.01. The van der Waals surface area contributed by atoms with Crippen molar-refractivity contribution in [2.45, 2.75) is 19.9 Å². The molecule has 0 bridgehead atoms. The number of aryl methyl sites for hydroxylation is 1. The molecule has 11 heavy (non-hydrogen) atoms. The topological polar surface area (TPSA) is 34.9 Å². The van der Waals surface area contributed by atoms with E-state index in [1.54, 1.807) is 10.9 Å². The second-order valence-electron chi connectivity index (χ2n) is 2.23. The van der Waals surface area contributed by atoms with Crippen molar-refractivity contribution in [3.05, 3.63) is 17.2 Å². The maximum Gasteiger partial charge on any atom is 0.171 e. The van der Waals surface area contributed by atoms with Crippen molar-refractivity contribution in [3.63, 3.8) is 0 Å². The summed E-state index contributed by atoms with van der Waals surface area (Å²) in [4.78, 5) is 14.1. The molecule has 0 saturated heterocycles. The Kier molecular flexibility index (Phi) is 2.65. The molecule has 4 heteroatoms. The lowest BCUT2D eigenvalue weighted by Gasteiger charge is -1.98. The fourth-order valence-electron chi connectivity index (χ4n) is 0.859. The van der Waals surface area contributed by atoms with Gasteiger partial charge < -0.3 is 4.57 Å². The summed E-state index contributed by atoms with van der Waals surface area (Å²) in [5.74, 6) is 0. The lowest BCUT2D eigenvalue weighted by molar-refractivity contribution is 0.111. The average Bonchev–Trinajstić information content (AvgIpc) is 2.34. The lowest BCUT2D eigenvalue weighted by atomic mass is 10.5. The third-order valence-corrected chi connectivity index (χ3v) is 1.79. The van der Waals surface area contributed by atoms with Gasteiger partial charge in [-0.3, -0.25) is 4.79 Å². The molecule has 0 unspecified atom stereocenters. The first-order valence-corrected chi connectivity index (χ1v) is 3.83. The Hall–Kier alpha value is -0.830. The summed E-state index contributed by atoms with van der Waals surface area (Å²) in [7, 11) is 0. The van der Waals surface area contributed by atoms with E-state index in [-0.39, 0.29) is 0 Å². The van der Waals surface area contributed by atoms with Crippen LogP contribution in [-0.4, -0.2) is 15.8 Å². The minimum Gasteiger partial charge on any atom is -0.321 e. The molecule has 0 spiro atoms. The van der Waals surface area contributed by atoms with E-state index in [1.807, 2.05) is 6.92 Å². The quantitative estimate of drug-likeness (QED) is 0.652. The van der Waals surface area contributed by atoms with Crippen LogP contribution in [-0.2, 0) is 6.54 Å². The Morgan fingerprint density at radius 3 is 3.00 bits per heavy atom. The molecule has 0 amide bonds. The van der Waals surface area contributed by atoms with Crippen molar-refractivity contribution in [2.75, 3.05) is 0 Å². The molecular formula is C7H9ClN2O. The number of carbonyl (C=O) groups excluding carboxylic acids is 1. The van der Waals surface area contributed by atoms with Crippen LogP contribution in [0.2, 0.25) is 5.15 Å². The summed E-state index contributed by atoms with van der Waals surface area (Å²) >= 11 is 5.77. The zero-order chi connectivity index (χ0) is 8.27. The molecule has 0 N–H and O–H groups in total. The Labute approximate surface area is 70.0 Å². The first-order chi connectivity index (χ1) is 5.29. The smallest absolute Gasteiger partial charge is 0.171 e. The number of halogens is 1. The van der Waals surface area contributed by atoms with Gasteiger partial charge >= 0.3 is 0 Å². The van der Waals surface area contributed by atoms with Crippen molar-refractivity contribution in [1.29, 1.82) is 0 Å².